The first kappa shape index (κ1) is 10.4. The fourth-order valence-corrected chi connectivity index (χ4v) is 2.61. The first-order chi connectivity index (χ1) is 5.40. The van der Waals surface area contributed by atoms with Crippen LogP contribution >= 0.6 is 15.9 Å². The van der Waals surface area contributed by atoms with Crippen LogP contribution in [0.5, 0.6) is 0 Å². The van der Waals surface area contributed by atoms with Gasteiger partial charge in [0.25, 0.3) is 0 Å². The Morgan fingerprint density at radius 1 is 1.50 bits per heavy atom. The number of hydrogen-bond donors (Lipinski definition) is 0. The van der Waals surface area contributed by atoms with Crippen molar-refractivity contribution in [3.05, 3.63) is 0 Å². The second-order valence-electron chi connectivity index (χ2n) is 3.72. The topological polar surface area (TPSA) is 0 Å². The van der Waals surface area contributed by atoms with Gasteiger partial charge in [-0.05, 0) is 24.2 Å². The maximum Gasteiger partial charge on any atom is 0.389 e. The van der Waals surface area contributed by atoms with Crippen LogP contribution in [0.25, 0.3) is 0 Å². The third-order valence-electron chi connectivity index (χ3n) is 2.77. The van der Waals surface area contributed by atoms with Crippen molar-refractivity contribution >= 4 is 15.9 Å². The molecule has 2 unspecified atom stereocenters. The first-order valence-corrected chi connectivity index (χ1v) is 5.14. The molecular formula is C8H12BrF3. The van der Waals surface area contributed by atoms with E-state index in [0.29, 0.717) is 11.2 Å². The second-order valence-corrected chi connectivity index (χ2v) is 4.28. The normalized spacial score (nSPS) is 35.2. The molecule has 0 aromatic heterocycles. The summed E-state index contributed by atoms with van der Waals surface area (Å²) in [5.41, 5.74) is -0.0461. The van der Waals surface area contributed by atoms with Crippen LogP contribution in [0.4, 0.5) is 13.2 Å². The summed E-state index contributed by atoms with van der Waals surface area (Å²) in [6, 6.07) is 0. The van der Waals surface area contributed by atoms with Crippen LogP contribution in [0.2, 0.25) is 0 Å². The molecule has 4 heteroatoms. The molecule has 1 saturated carbocycles. The molecule has 0 aliphatic heterocycles. The van der Waals surface area contributed by atoms with E-state index < -0.39 is 12.6 Å². The molecule has 0 nitrogen and oxygen atoms in total. The zero-order chi connectivity index (χ0) is 9.41. The van der Waals surface area contributed by atoms with Crippen molar-refractivity contribution in [3.8, 4) is 0 Å². The molecule has 1 fully saturated rings. The molecule has 12 heavy (non-hydrogen) atoms. The Morgan fingerprint density at radius 2 is 2.00 bits per heavy atom. The average molecular weight is 245 g/mol. The fraction of sp³-hybridized carbons (Fsp3) is 1.00. The van der Waals surface area contributed by atoms with Gasteiger partial charge in [-0.2, -0.15) is 13.2 Å². The third kappa shape index (κ3) is 2.38. The summed E-state index contributed by atoms with van der Waals surface area (Å²) in [5, 5.41) is 0.706. The zero-order valence-electron chi connectivity index (χ0n) is 6.92. The standard InChI is InChI=1S/C8H12BrF3/c1-6-4-7(6,5-9)2-3-8(10,11)12/h6H,2-5H2,1H3. The molecule has 1 rings (SSSR count). The molecule has 72 valence electrons. The lowest BCUT2D eigenvalue weighted by atomic mass is 10.0. The van der Waals surface area contributed by atoms with Gasteiger partial charge in [-0.1, -0.05) is 22.9 Å². The van der Waals surface area contributed by atoms with E-state index >= 15 is 0 Å². The molecule has 2 atom stereocenters. The summed E-state index contributed by atoms with van der Waals surface area (Å²) in [7, 11) is 0. The smallest absolute Gasteiger partial charge is 0.171 e. The highest BCUT2D eigenvalue weighted by Gasteiger charge is 2.51. The van der Waals surface area contributed by atoms with Crippen molar-refractivity contribution < 1.29 is 13.2 Å². The fourth-order valence-electron chi connectivity index (χ4n) is 1.54. The molecule has 0 saturated heterocycles. The van der Waals surface area contributed by atoms with Gasteiger partial charge in [0.1, 0.15) is 0 Å². The van der Waals surface area contributed by atoms with Crippen LogP contribution < -0.4 is 0 Å². The summed E-state index contributed by atoms with van der Waals surface area (Å²) < 4.78 is 35.6. The van der Waals surface area contributed by atoms with Gasteiger partial charge in [-0.3, -0.25) is 0 Å². The van der Waals surface area contributed by atoms with Crippen LogP contribution in [-0.2, 0) is 0 Å². The van der Waals surface area contributed by atoms with E-state index in [0.717, 1.165) is 6.42 Å². The summed E-state index contributed by atoms with van der Waals surface area (Å²) in [6.07, 6.45) is -3.41. The summed E-state index contributed by atoms with van der Waals surface area (Å²) in [4.78, 5) is 0. The Hall–Kier alpha value is 0.270. The van der Waals surface area contributed by atoms with Gasteiger partial charge in [0, 0.05) is 11.8 Å². The summed E-state index contributed by atoms with van der Waals surface area (Å²) >= 11 is 3.27. The molecule has 0 aromatic carbocycles. The van der Waals surface area contributed by atoms with Gasteiger partial charge >= 0.3 is 6.18 Å². The molecule has 0 bridgehead atoms. The Labute approximate surface area is 78.7 Å². The van der Waals surface area contributed by atoms with Crippen LogP contribution in [0.1, 0.15) is 26.2 Å². The minimum atomic E-state index is -3.99. The van der Waals surface area contributed by atoms with Gasteiger partial charge in [-0.15, -0.1) is 0 Å². The number of alkyl halides is 4. The van der Waals surface area contributed by atoms with E-state index in [1.165, 1.54) is 0 Å². The molecule has 0 radical (unpaired) electrons. The van der Waals surface area contributed by atoms with Crippen molar-refractivity contribution in [2.75, 3.05) is 5.33 Å². The average Bonchev–Trinajstić information content (AvgIpc) is 2.57. The van der Waals surface area contributed by atoms with E-state index in [-0.39, 0.29) is 11.8 Å². The quantitative estimate of drug-likeness (QED) is 0.664. The van der Waals surface area contributed by atoms with Crippen LogP contribution in [-0.4, -0.2) is 11.5 Å². The van der Waals surface area contributed by atoms with E-state index in [1.807, 2.05) is 6.92 Å². The van der Waals surface area contributed by atoms with E-state index in [1.54, 1.807) is 0 Å². The monoisotopic (exact) mass is 244 g/mol. The number of hydrogen-bond acceptors (Lipinski definition) is 0. The highest BCUT2D eigenvalue weighted by atomic mass is 79.9. The molecule has 1 aliphatic carbocycles. The minimum absolute atomic E-state index is 0.0461. The Morgan fingerprint density at radius 3 is 2.25 bits per heavy atom. The highest BCUT2D eigenvalue weighted by Crippen LogP contribution is 2.57. The molecule has 0 aromatic rings. The molecule has 0 amide bonds. The van der Waals surface area contributed by atoms with Crippen molar-refractivity contribution in [2.45, 2.75) is 32.4 Å². The van der Waals surface area contributed by atoms with Crippen molar-refractivity contribution in [1.29, 1.82) is 0 Å². The van der Waals surface area contributed by atoms with Crippen LogP contribution in [0.15, 0.2) is 0 Å². The number of rotatable bonds is 3. The predicted octanol–water partition coefficient (Wildman–Crippen LogP) is 3.75. The van der Waals surface area contributed by atoms with Gasteiger partial charge in [0.2, 0.25) is 0 Å². The van der Waals surface area contributed by atoms with Gasteiger partial charge in [0.15, 0.2) is 0 Å². The largest absolute Gasteiger partial charge is 0.389 e. The van der Waals surface area contributed by atoms with E-state index in [4.69, 9.17) is 0 Å². The predicted molar refractivity (Wildman–Crippen MR) is 45.3 cm³/mol. The van der Waals surface area contributed by atoms with Crippen molar-refractivity contribution in [2.24, 2.45) is 11.3 Å². The van der Waals surface area contributed by atoms with Crippen molar-refractivity contribution in [1.82, 2.24) is 0 Å². The Balaban J connectivity index is 2.32. The third-order valence-corrected chi connectivity index (χ3v) is 3.89. The Kier molecular flexibility index (Phi) is 2.76. The lowest BCUT2D eigenvalue weighted by molar-refractivity contribution is -0.138. The molecule has 0 heterocycles. The molecular weight excluding hydrogens is 233 g/mol. The van der Waals surface area contributed by atoms with Gasteiger partial charge in [-0.25, -0.2) is 0 Å². The molecule has 1 aliphatic rings. The summed E-state index contributed by atoms with van der Waals surface area (Å²) in [6.45, 7) is 2.01. The van der Waals surface area contributed by atoms with Crippen LogP contribution in [0.3, 0.4) is 0 Å². The molecule has 0 spiro atoms. The highest BCUT2D eigenvalue weighted by molar-refractivity contribution is 9.09. The zero-order valence-corrected chi connectivity index (χ0v) is 8.50. The van der Waals surface area contributed by atoms with Crippen LogP contribution in [0, 0.1) is 11.3 Å². The first-order valence-electron chi connectivity index (χ1n) is 4.02. The number of halogens is 4. The SMILES string of the molecule is CC1CC1(CBr)CCC(F)(F)F. The van der Waals surface area contributed by atoms with Gasteiger partial charge in [0.05, 0.1) is 0 Å². The van der Waals surface area contributed by atoms with Crippen molar-refractivity contribution in [3.63, 3.8) is 0 Å². The van der Waals surface area contributed by atoms with E-state index in [2.05, 4.69) is 15.9 Å². The lowest BCUT2D eigenvalue weighted by Gasteiger charge is -2.14. The minimum Gasteiger partial charge on any atom is -0.171 e. The lowest BCUT2D eigenvalue weighted by Crippen LogP contribution is -2.13. The second kappa shape index (κ2) is 3.20. The maximum atomic E-state index is 11.9. The van der Waals surface area contributed by atoms with E-state index in [9.17, 15) is 13.2 Å². The maximum absolute atomic E-state index is 11.9. The summed E-state index contributed by atoms with van der Waals surface area (Å²) in [5.74, 6) is 0.458. The Bertz CT molecular complexity index is 162. The molecule has 0 N–H and O–H groups in total. The van der Waals surface area contributed by atoms with Gasteiger partial charge < -0.3 is 0 Å².